The summed E-state index contributed by atoms with van der Waals surface area (Å²) in [6, 6.07) is -0.468. The van der Waals surface area contributed by atoms with Gasteiger partial charge in [0.15, 0.2) is 0 Å². The Hall–Kier alpha value is -1.56. The van der Waals surface area contributed by atoms with Crippen molar-refractivity contribution in [3.8, 4) is 0 Å². The molecular formula is C10H13ClN2O4. The topological polar surface area (TPSA) is 81.2 Å². The van der Waals surface area contributed by atoms with Crippen molar-refractivity contribution in [3.63, 3.8) is 0 Å². The molecule has 2 unspecified atom stereocenters. The van der Waals surface area contributed by atoms with Gasteiger partial charge in [-0.15, -0.1) is 0 Å². The lowest BCUT2D eigenvalue weighted by Gasteiger charge is -2.19. The zero-order valence-electron chi connectivity index (χ0n) is 9.69. The minimum Gasteiger partial charge on any atom is -0.469 e. The summed E-state index contributed by atoms with van der Waals surface area (Å²) in [5.74, 6) is -0.966. The average molecular weight is 261 g/mol. The second kappa shape index (κ2) is 5.18. The Balaban J connectivity index is 3.17. The summed E-state index contributed by atoms with van der Waals surface area (Å²) in [5, 5.41) is -0.103. The monoisotopic (exact) mass is 260 g/mol. The van der Waals surface area contributed by atoms with Gasteiger partial charge < -0.3 is 4.74 Å². The molecule has 0 saturated carbocycles. The van der Waals surface area contributed by atoms with Crippen LogP contribution in [0.5, 0.6) is 0 Å². The lowest BCUT2D eigenvalue weighted by atomic mass is 10.0. The van der Waals surface area contributed by atoms with Crippen LogP contribution in [0.4, 0.5) is 0 Å². The third-order valence-electron chi connectivity index (χ3n) is 2.66. The van der Waals surface area contributed by atoms with Crippen LogP contribution in [0.3, 0.4) is 0 Å². The number of rotatable bonds is 3. The van der Waals surface area contributed by atoms with Crippen molar-refractivity contribution in [3.05, 3.63) is 32.1 Å². The van der Waals surface area contributed by atoms with Crippen molar-refractivity contribution >= 4 is 17.6 Å². The number of nitrogens with zero attached hydrogens (tertiary/aromatic N) is 1. The van der Waals surface area contributed by atoms with Crippen LogP contribution in [0.2, 0.25) is 5.02 Å². The predicted octanol–water partition coefficient (Wildman–Crippen LogP) is 0.560. The molecule has 7 heteroatoms. The summed E-state index contributed by atoms with van der Waals surface area (Å²) in [6.45, 7) is 3.29. The molecule has 17 heavy (non-hydrogen) atoms. The van der Waals surface area contributed by atoms with E-state index < -0.39 is 29.2 Å². The average Bonchev–Trinajstić information content (AvgIpc) is 2.31. The Labute approximate surface area is 102 Å². The first-order chi connectivity index (χ1) is 7.88. The molecule has 0 radical (unpaired) electrons. The molecule has 0 spiro atoms. The number of carbonyl (C=O) groups excluding carboxylic acids is 1. The number of methoxy groups -OCH3 is 1. The van der Waals surface area contributed by atoms with Gasteiger partial charge in [0.1, 0.15) is 5.02 Å². The molecule has 0 fully saturated rings. The molecule has 0 bridgehead atoms. The number of H-pyrrole nitrogens is 1. The number of hydrogen-bond acceptors (Lipinski definition) is 4. The summed E-state index contributed by atoms with van der Waals surface area (Å²) < 4.78 is 5.79. The second-order valence-electron chi connectivity index (χ2n) is 3.70. The molecule has 1 aromatic rings. The van der Waals surface area contributed by atoms with Crippen molar-refractivity contribution in [1.29, 1.82) is 0 Å². The molecule has 1 heterocycles. The molecule has 0 amide bonds. The molecule has 0 aliphatic carbocycles. The van der Waals surface area contributed by atoms with Gasteiger partial charge in [-0.05, 0) is 13.8 Å². The van der Waals surface area contributed by atoms with E-state index in [1.54, 1.807) is 13.8 Å². The van der Waals surface area contributed by atoms with Crippen LogP contribution in [0.1, 0.15) is 19.9 Å². The Kier molecular flexibility index (Phi) is 4.11. The molecule has 1 N–H and O–H groups in total. The quantitative estimate of drug-likeness (QED) is 0.805. The highest BCUT2D eigenvalue weighted by Gasteiger charge is 2.23. The first-order valence-corrected chi connectivity index (χ1v) is 5.35. The van der Waals surface area contributed by atoms with Crippen LogP contribution in [0.15, 0.2) is 15.8 Å². The number of ether oxygens (including phenoxy) is 1. The maximum atomic E-state index is 11.5. The molecule has 1 rings (SSSR count). The lowest BCUT2D eigenvalue weighted by Crippen LogP contribution is -2.35. The van der Waals surface area contributed by atoms with E-state index in [9.17, 15) is 14.4 Å². The van der Waals surface area contributed by atoms with Gasteiger partial charge in [-0.1, -0.05) is 11.6 Å². The van der Waals surface area contributed by atoms with Crippen molar-refractivity contribution < 1.29 is 9.53 Å². The fourth-order valence-electron chi connectivity index (χ4n) is 1.39. The Morgan fingerprint density at radius 2 is 2.06 bits per heavy atom. The van der Waals surface area contributed by atoms with E-state index in [0.717, 1.165) is 0 Å². The fraction of sp³-hybridized carbons (Fsp3) is 0.500. The largest absolute Gasteiger partial charge is 0.469 e. The lowest BCUT2D eigenvalue weighted by molar-refractivity contribution is -0.146. The van der Waals surface area contributed by atoms with Crippen molar-refractivity contribution in [1.82, 2.24) is 9.55 Å². The molecule has 0 aromatic carbocycles. The minimum atomic E-state index is -0.647. The first-order valence-electron chi connectivity index (χ1n) is 4.97. The van der Waals surface area contributed by atoms with Gasteiger partial charge in [0, 0.05) is 12.2 Å². The van der Waals surface area contributed by atoms with E-state index in [2.05, 4.69) is 9.72 Å². The summed E-state index contributed by atoms with van der Waals surface area (Å²) in [6.07, 6.45) is 1.22. The van der Waals surface area contributed by atoms with Gasteiger partial charge in [0.05, 0.1) is 13.0 Å². The van der Waals surface area contributed by atoms with E-state index in [0.29, 0.717) is 0 Å². The highest BCUT2D eigenvalue weighted by atomic mass is 35.5. The summed E-state index contributed by atoms with van der Waals surface area (Å²) in [7, 11) is 1.27. The molecule has 0 aliphatic rings. The van der Waals surface area contributed by atoms with Crippen LogP contribution in [0.25, 0.3) is 0 Å². The number of hydrogen-bond donors (Lipinski definition) is 1. The van der Waals surface area contributed by atoms with E-state index in [-0.39, 0.29) is 5.02 Å². The van der Waals surface area contributed by atoms with Crippen molar-refractivity contribution in [2.24, 2.45) is 5.92 Å². The first kappa shape index (κ1) is 13.5. The number of aromatic amines is 1. The molecular weight excluding hydrogens is 248 g/mol. The van der Waals surface area contributed by atoms with Crippen LogP contribution >= 0.6 is 11.6 Å². The number of esters is 1. The molecule has 0 saturated heterocycles. The number of aromatic nitrogens is 2. The second-order valence-corrected chi connectivity index (χ2v) is 4.10. The number of halogens is 1. The molecule has 1 aromatic heterocycles. The smallest absolute Gasteiger partial charge is 0.328 e. The van der Waals surface area contributed by atoms with Crippen LogP contribution in [0, 0.1) is 5.92 Å². The van der Waals surface area contributed by atoms with E-state index in [4.69, 9.17) is 11.6 Å². The van der Waals surface area contributed by atoms with Gasteiger partial charge in [-0.3, -0.25) is 19.1 Å². The zero-order valence-corrected chi connectivity index (χ0v) is 10.4. The summed E-state index contributed by atoms with van der Waals surface area (Å²) in [4.78, 5) is 36.0. The van der Waals surface area contributed by atoms with E-state index in [1.165, 1.54) is 17.9 Å². The van der Waals surface area contributed by atoms with Crippen LogP contribution < -0.4 is 11.2 Å². The SMILES string of the molecule is COC(=O)C(C)C(C)n1cc(Cl)c(=O)[nH]c1=O. The Bertz CT molecular complexity index is 534. The third-order valence-corrected chi connectivity index (χ3v) is 2.93. The molecule has 0 aliphatic heterocycles. The van der Waals surface area contributed by atoms with E-state index >= 15 is 0 Å². The fourth-order valence-corrected chi connectivity index (χ4v) is 1.54. The molecule has 2 atom stereocenters. The minimum absolute atomic E-state index is 0.103. The zero-order chi connectivity index (χ0) is 13.2. The highest BCUT2D eigenvalue weighted by molar-refractivity contribution is 6.30. The maximum absolute atomic E-state index is 11.5. The van der Waals surface area contributed by atoms with Gasteiger partial charge in [0.25, 0.3) is 5.56 Å². The van der Waals surface area contributed by atoms with Crippen LogP contribution in [-0.4, -0.2) is 22.6 Å². The molecule has 94 valence electrons. The normalized spacial score (nSPS) is 14.1. The Morgan fingerprint density at radius 3 is 2.59 bits per heavy atom. The van der Waals surface area contributed by atoms with Crippen LogP contribution in [-0.2, 0) is 9.53 Å². The van der Waals surface area contributed by atoms with Gasteiger partial charge in [0.2, 0.25) is 0 Å². The molecule has 6 nitrogen and oxygen atoms in total. The van der Waals surface area contributed by atoms with Gasteiger partial charge in [-0.25, -0.2) is 4.79 Å². The highest BCUT2D eigenvalue weighted by Crippen LogP contribution is 2.17. The number of nitrogens with one attached hydrogen (secondary N) is 1. The number of carbonyl (C=O) groups is 1. The predicted molar refractivity (Wildman–Crippen MR) is 62.2 cm³/mol. The summed E-state index contributed by atoms with van der Waals surface area (Å²) in [5.41, 5.74) is -1.26. The maximum Gasteiger partial charge on any atom is 0.328 e. The third kappa shape index (κ3) is 2.76. The van der Waals surface area contributed by atoms with Gasteiger partial charge in [-0.2, -0.15) is 0 Å². The van der Waals surface area contributed by atoms with E-state index in [1.807, 2.05) is 0 Å². The summed E-state index contributed by atoms with van der Waals surface area (Å²) >= 11 is 5.63. The Morgan fingerprint density at radius 1 is 1.47 bits per heavy atom. The standard InChI is InChI=1S/C10H13ClN2O4/c1-5(9(15)17-3)6(2)13-4-7(11)8(14)12-10(13)16/h4-6H,1-3H3,(H,12,14,16). The van der Waals surface area contributed by atoms with Gasteiger partial charge >= 0.3 is 11.7 Å². The van der Waals surface area contributed by atoms with Crippen molar-refractivity contribution in [2.45, 2.75) is 19.9 Å². The van der Waals surface area contributed by atoms with Crippen molar-refractivity contribution in [2.75, 3.05) is 7.11 Å².